The third-order valence-electron chi connectivity index (χ3n) is 3.08. The van der Waals surface area contributed by atoms with Crippen LogP contribution in [-0.4, -0.2) is 28.1 Å². The first-order chi connectivity index (χ1) is 10.1. The summed E-state index contributed by atoms with van der Waals surface area (Å²) in [5.74, 6) is 0.230. The summed E-state index contributed by atoms with van der Waals surface area (Å²) in [6.45, 7) is 0. The molecule has 0 aromatic heterocycles. The fourth-order valence-corrected chi connectivity index (χ4v) is 3.04. The van der Waals surface area contributed by atoms with Crippen molar-refractivity contribution in [2.24, 2.45) is 0 Å². The van der Waals surface area contributed by atoms with Gasteiger partial charge in [-0.1, -0.05) is 18.2 Å². The van der Waals surface area contributed by atoms with Gasteiger partial charge in [-0.3, -0.25) is 4.21 Å². The maximum atomic E-state index is 12.2. The number of carboxylic acids is 1. The molecule has 0 aliphatic heterocycles. The average molecular weight is 304 g/mol. The lowest BCUT2D eigenvalue weighted by Gasteiger charge is -2.05. The molecule has 2 aromatic carbocycles. The van der Waals surface area contributed by atoms with Gasteiger partial charge in [0, 0.05) is 10.6 Å². The van der Waals surface area contributed by atoms with Crippen molar-refractivity contribution in [3.63, 3.8) is 0 Å². The van der Waals surface area contributed by atoms with Crippen molar-refractivity contribution >= 4 is 16.8 Å². The van der Waals surface area contributed by atoms with Crippen molar-refractivity contribution in [1.82, 2.24) is 0 Å². The molecule has 0 radical (unpaired) electrons. The first kappa shape index (κ1) is 15.3. The smallest absolute Gasteiger partial charge is 0.335 e. The van der Waals surface area contributed by atoms with Gasteiger partial charge < -0.3 is 9.84 Å². The minimum absolute atomic E-state index is 0.158. The monoisotopic (exact) mass is 304 g/mol. The van der Waals surface area contributed by atoms with Crippen molar-refractivity contribution in [2.45, 2.75) is 11.3 Å². The highest BCUT2D eigenvalue weighted by Gasteiger charge is 2.08. The van der Waals surface area contributed by atoms with Gasteiger partial charge in [0.15, 0.2) is 0 Å². The van der Waals surface area contributed by atoms with Crippen molar-refractivity contribution in [2.75, 3.05) is 12.9 Å². The van der Waals surface area contributed by atoms with Crippen LogP contribution in [0.4, 0.5) is 0 Å². The Hall–Kier alpha value is -2.14. The van der Waals surface area contributed by atoms with Gasteiger partial charge in [-0.25, -0.2) is 4.79 Å². The molecule has 0 bridgehead atoms. The van der Waals surface area contributed by atoms with Crippen LogP contribution in [0.2, 0.25) is 0 Å². The third kappa shape index (κ3) is 4.16. The maximum absolute atomic E-state index is 12.2. The Balaban J connectivity index is 2.00. The highest BCUT2D eigenvalue weighted by molar-refractivity contribution is 7.85. The molecule has 4 nitrogen and oxygen atoms in total. The number of rotatable bonds is 6. The zero-order valence-electron chi connectivity index (χ0n) is 11.6. The van der Waals surface area contributed by atoms with Crippen molar-refractivity contribution in [3.8, 4) is 5.75 Å². The fraction of sp³-hybridized carbons (Fsp3) is 0.188. The molecule has 110 valence electrons. The molecule has 0 heterocycles. The van der Waals surface area contributed by atoms with E-state index in [-0.39, 0.29) is 5.56 Å². The van der Waals surface area contributed by atoms with E-state index in [0.717, 1.165) is 11.3 Å². The molecule has 1 unspecified atom stereocenters. The molecule has 0 amide bonds. The van der Waals surface area contributed by atoms with Crippen LogP contribution in [0.5, 0.6) is 5.75 Å². The van der Waals surface area contributed by atoms with E-state index in [9.17, 15) is 9.00 Å². The largest absolute Gasteiger partial charge is 0.497 e. The molecule has 1 N–H and O–H groups in total. The second kappa shape index (κ2) is 7.04. The SMILES string of the molecule is COc1ccc(CCS(=O)c2cccc(C(=O)O)c2)cc1. The molecule has 0 fully saturated rings. The van der Waals surface area contributed by atoms with Gasteiger partial charge in [-0.15, -0.1) is 0 Å². The fourth-order valence-electron chi connectivity index (χ4n) is 1.89. The molecule has 21 heavy (non-hydrogen) atoms. The zero-order chi connectivity index (χ0) is 15.2. The summed E-state index contributed by atoms with van der Waals surface area (Å²) in [6, 6.07) is 13.9. The lowest BCUT2D eigenvalue weighted by atomic mass is 10.2. The van der Waals surface area contributed by atoms with E-state index in [1.54, 1.807) is 19.2 Å². The van der Waals surface area contributed by atoms with Gasteiger partial charge in [0.25, 0.3) is 0 Å². The standard InChI is InChI=1S/C16H16O4S/c1-20-14-7-5-12(6-8-14)9-10-21(19)15-4-2-3-13(11-15)16(17)18/h2-8,11H,9-10H2,1H3,(H,17,18). The Morgan fingerprint density at radius 2 is 1.90 bits per heavy atom. The summed E-state index contributed by atoms with van der Waals surface area (Å²) >= 11 is 0. The molecule has 2 rings (SSSR count). The number of carbonyl (C=O) groups is 1. The Labute approximate surface area is 125 Å². The normalized spacial score (nSPS) is 11.9. The number of aromatic carboxylic acids is 1. The lowest BCUT2D eigenvalue weighted by molar-refractivity contribution is 0.0696. The molecule has 0 aliphatic carbocycles. The first-order valence-corrected chi connectivity index (χ1v) is 7.76. The van der Waals surface area contributed by atoms with E-state index in [0.29, 0.717) is 17.1 Å². The molecule has 1 atom stereocenters. The van der Waals surface area contributed by atoms with Crippen LogP contribution in [0.3, 0.4) is 0 Å². The number of aryl methyl sites for hydroxylation is 1. The average Bonchev–Trinajstić information content (AvgIpc) is 2.53. The Kier molecular flexibility index (Phi) is 5.11. The molecular formula is C16H16O4S. The number of benzene rings is 2. The summed E-state index contributed by atoms with van der Waals surface area (Å²) < 4.78 is 17.3. The van der Waals surface area contributed by atoms with E-state index in [1.165, 1.54) is 12.1 Å². The van der Waals surface area contributed by atoms with Gasteiger partial charge in [-0.05, 0) is 42.3 Å². The second-order valence-electron chi connectivity index (χ2n) is 4.48. The van der Waals surface area contributed by atoms with Crippen LogP contribution in [0.25, 0.3) is 0 Å². The van der Waals surface area contributed by atoms with E-state index in [2.05, 4.69) is 0 Å². The molecule has 0 saturated carbocycles. The van der Waals surface area contributed by atoms with E-state index >= 15 is 0 Å². The van der Waals surface area contributed by atoms with Gasteiger partial charge in [0.2, 0.25) is 0 Å². The van der Waals surface area contributed by atoms with Crippen molar-refractivity contribution in [3.05, 3.63) is 59.7 Å². The summed E-state index contributed by atoms with van der Waals surface area (Å²) in [5, 5.41) is 8.94. The van der Waals surface area contributed by atoms with E-state index in [1.807, 2.05) is 24.3 Å². The molecule has 0 aliphatic rings. The summed E-state index contributed by atoms with van der Waals surface area (Å²) in [6.07, 6.45) is 0.661. The maximum Gasteiger partial charge on any atom is 0.335 e. The van der Waals surface area contributed by atoms with Crippen LogP contribution in [0, 0.1) is 0 Å². The van der Waals surface area contributed by atoms with E-state index < -0.39 is 16.8 Å². The highest BCUT2D eigenvalue weighted by atomic mass is 32.2. The number of methoxy groups -OCH3 is 1. The molecule has 5 heteroatoms. The predicted octanol–water partition coefficient (Wildman–Crippen LogP) is 2.74. The lowest BCUT2D eigenvalue weighted by Crippen LogP contribution is -2.04. The van der Waals surface area contributed by atoms with Crippen LogP contribution in [-0.2, 0) is 17.2 Å². The van der Waals surface area contributed by atoms with Gasteiger partial charge >= 0.3 is 5.97 Å². The summed E-state index contributed by atoms with van der Waals surface area (Å²) in [5.41, 5.74) is 1.23. The van der Waals surface area contributed by atoms with Crippen LogP contribution < -0.4 is 4.74 Å². The van der Waals surface area contributed by atoms with Gasteiger partial charge in [0.1, 0.15) is 5.75 Å². The first-order valence-electron chi connectivity index (χ1n) is 6.45. The zero-order valence-corrected chi connectivity index (χ0v) is 12.4. The van der Waals surface area contributed by atoms with Crippen LogP contribution >= 0.6 is 0 Å². The summed E-state index contributed by atoms with van der Waals surface area (Å²) in [4.78, 5) is 11.4. The second-order valence-corrected chi connectivity index (χ2v) is 6.05. The Morgan fingerprint density at radius 1 is 1.19 bits per heavy atom. The van der Waals surface area contributed by atoms with Crippen LogP contribution in [0.15, 0.2) is 53.4 Å². The Morgan fingerprint density at radius 3 is 2.52 bits per heavy atom. The number of hydrogen-bond donors (Lipinski definition) is 1. The number of hydrogen-bond acceptors (Lipinski definition) is 3. The minimum Gasteiger partial charge on any atom is -0.497 e. The quantitative estimate of drug-likeness (QED) is 0.891. The topological polar surface area (TPSA) is 63.6 Å². The molecule has 0 saturated heterocycles. The number of carboxylic acid groups (broad SMARTS) is 1. The summed E-state index contributed by atoms with van der Waals surface area (Å²) in [7, 11) is 0.398. The predicted molar refractivity (Wildman–Crippen MR) is 81.4 cm³/mol. The molecular weight excluding hydrogens is 288 g/mol. The van der Waals surface area contributed by atoms with E-state index in [4.69, 9.17) is 9.84 Å². The molecule has 0 spiro atoms. The van der Waals surface area contributed by atoms with Gasteiger partial charge in [0.05, 0.1) is 23.5 Å². The third-order valence-corrected chi connectivity index (χ3v) is 4.43. The molecule has 2 aromatic rings. The highest BCUT2D eigenvalue weighted by Crippen LogP contribution is 2.14. The van der Waals surface area contributed by atoms with Crippen molar-refractivity contribution < 1.29 is 18.8 Å². The Bertz CT molecular complexity index is 650. The van der Waals surface area contributed by atoms with Gasteiger partial charge in [-0.2, -0.15) is 0 Å². The van der Waals surface area contributed by atoms with Crippen LogP contribution in [0.1, 0.15) is 15.9 Å². The minimum atomic E-state index is -1.21. The van der Waals surface area contributed by atoms with Crippen molar-refractivity contribution in [1.29, 1.82) is 0 Å². The number of ether oxygens (including phenoxy) is 1.